The van der Waals surface area contributed by atoms with Crippen molar-refractivity contribution in [1.29, 1.82) is 5.26 Å². The van der Waals surface area contributed by atoms with Gasteiger partial charge in [0, 0.05) is 53.4 Å². The van der Waals surface area contributed by atoms with Crippen molar-refractivity contribution in [3.63, 3.8) is 0 Å². The van der Waals surface area contributed by atoms with E-state index >= 15 is 0 Å². The zero-order valence-electron chi connectivity index (χ0n) is 15.1. The largest absolute Gasteiger partial charge is 0.370 e. The van der Waals surface area contributed by atoms with Gasteiger partial charge in [0.1, 0.15) is 0 Å². The van der Waals surface area contributed by atoms with Gasteiger partial charge < -0.3 is 9.80 Å². The summed E-state index contributed by atoms with van der Waals surface area (Å²) in [5.41, 5.74) is 1.79. The van der Waals surface area contributed by atoms with Crippen molar-refractivity contribution in [1.82, 2.24) is 4.90 Å². The molecule has 1 amide bonds. The smallest absolute Gasteiger partial charge is 0.223 e. The number of benzene rings is 2. The standard InChI is InChI=1S/C21H22BrN3OS/c22-19-4-1-2-5-20(19)27-15-10-21(26)25-12-3-11-24(13-14-25)18-8-6-17(16-23)7-9-18/h1-2,4-9H,3,10-15H2. The molecule has 4 nitrogen and oxygen atoms in total. The third-order valence-electron chi connectivity index (χ3n) is 4.62. The van der Waals surface area contributed by atoms with E-state index in [2.05, 4.69) is 33.0 Å². The molecule has 1 aliphatic rings. The Morgan fingerprint density at radius 1 is 1.07 bits per heavy atom. The number of nitrogens with zero attached hydrogens (tertiary/aromatic N) is 3. The minimum atomic E-state index is 0.233. The minimum absolute atomic E-state index is 0.233. The molecule has 1 aliphatic heterocycles. The lowest BCUT2D eigenvalue weighted by molar-refractivity contribution is -0.130. The lowest BCUT2D eigenvalue weighted by atomic mass is 10.2. The van der Waals surface area contributed by atoms with Crippen molar-refractivity contribution in [2.45, 2.75) is 17.7 Å². The molecule has 0 bridgehead atoms. The summed E-state index contributed by atoms with van der Waals surface area (Å²) in [4.78, 5) is 18.1. The number of carbonyl (C=O) groups is 1. The van der Waals surface area contributed by atoms with Gasteiger partial charge in [-0.3, -0.25) is 4.79 Å². The van der Waals surface area contributed by atoms with E-state index in [1.807, 2.05) is 47.4 Å². The average molecular weight is 444 g/mol. The average Bonchev–Trinajstić information content (AvgIpc) is 2.96. The first-order valence-electron chi connectivity index (χ1n) is 9.07. The van der Waals surface area contributed by atoms with Gasteiger partial charge in [-0.05, 0) is 58.7 Å². The monoisotopic (exact) mass is 443 g/mol. The molecule has 27 heavy (non-hydrogen) atoms. The van der Waals surface area contributed by atoms with Gasteiger partial charge in [-0.25, -0.2) is 0 Å². The molecular formula is C21H22BrN3OS. The second-order valence-corrected chi connectivity index (χ2v) is 8.40. The number of anilines is 1. The summed E-state index contributed by atoms with van der Waals surface area (Å²) in [6.07, 6.45) is 1.52. The van der Waals surface area contributed by atoms with E-state index in [1.165, 1.54) is 4.90 Å². The van der Waals surface area contributed by atoms with Crippen LogP contribution in [-0.4, -0.2) is 42.7 Å². The van der Waals surface area contributed by atoms with Gasteiger partial charge in [0.25, 0.3) is 0 Å². The molecule has 0 spiro atoms. The molecule has 0 radical (unpaired) electrons. The maximum Gasteiger partial charge on any atom is 0.223 e. The Morgan fingerprint density at radius 3 is 2.59 bits per heavy atom. The highest BCUT2D eigenvalue weighted by molar-refractivity contribution is 9.10. The molecule has 0 atom stereocenters. The number of hydrogen-bond donors (Lipinski definition) is 0. The predicted octanol–water partition coefficient (Wildman–Crippen LogP) is 4.54. The van der Waals surface area contributed by atoms with Crippen LogP contribution in [0.1, 0.15) is 18.4 Å². The zero-order valence-corrected chi connectivity index (χ0v) is 17.5. The van der Waals surface area contributed by atoms with Crippen LogP contribution < -0.4 is 4.90 Å². The SMILES string of the molecule is N#Cc1ccc(N2CCCN(C(=O)CCSc3ccccc3Br)CC2)cc1. The summed E-state index contributed by atoms with van der Waals surface area (Å²) in [6.45, 7) is 3.32. The molecule has 140 valence electrons. The lowest BCUT2D eigenvalue weighted by Crippen LogP contribution is -2.35. The first kappa shape index (κ1) is 19.8. The number of nitriles is 1. The number of thioether (sulfide) groups is 1. The van der Waals surface area contributed by atoms with E-state index in [4.69, 9.17) is 5.26 Å². The van der Waals surface area contributed by atoms with Crippen LogP contribution in [0.25, 0.3) is 0 Å². The van der Waals surface area contributed by atoms with E-state index in [9.17, 15) is 4.79 Å². The molecule has 0 unspecified atom stereocenters. The molecule has 0 N–H and O–H groups in total. The highest BCUT2D eigenvalue weighted by Crippen LogP contribution is 2.27. The van der Waals surface area contributed by atoms with Gasteiger partial charge in [-0.2, -0.15) is 5.26 Å². The summed E-state index contributed by atoms with van der Waals surface area (Å²) in [7, 11) is 0. The molecule has 6 heteroatoms. The second-order valence-electron chi connectivity index (χ2n) is 6.41. The minimum Gasteiger partial charge on any atom is -0.370 e. The van der Waals surface area contributed by atoms with Crippen molar-refractivity contribution < 1.29 is 4.79 Å². The van der Waals surface area contributed by atoms with E-state index < -0.39 is 0 Å². The third kappa shape index (κ3) is 5.50. The number of carbonyl (C=O) groups excluding carboxylic acids is 1. The van der Waals surface area contributed by atoms with Crippen LogP contribution in [0.15, 0.2) is 57.9 Å². The zero-order chi connectivity index (χ0) is 19.1. The highest BCUT2D eigenvalue weighted by Gasteiger charge is 2.19. The molecule has 1 saturated heterocycles. The molecule has 1 heterocycles. The Bertz CT molecular complexity index is 819. The summed E-state index contributed by atoms with van der Waals surface area (Å²) in [5, 5.41) is 8.93. The second kappa shape index (κ2) is 9.82. The Kier molecular flexibility index (Phi) is 7.19. The molecular weight excluding hydrogens is 422 g/mol. The fourth-order valence-electron chi connectivity index (χ4n) is 3.14. The fourth-order valence-corrected chi connectivity index (χ4v) is 4.65. The molecule has 0 aliphatic carbocycles. The number of amides is 1. The van der Waals surface area contributed by atoms with E-state index in [0.29, 0.717) is 12.0 Å². The summed E-state index contributed by atoms with van der Waals surface area (Å²) in [5.74, 6) is 1.02. The molecule has 2 aromatic carbocycles. The van der Waals surface area contributed by atoms with Crippen LogP contribution in [0.3, 0.4) is 0 Å². The predicted molar refractivity (Wildman–Crippen MR) is 114 cm³/mol. The van der Waals surface area contributed by atoms with Gasteiger partial charge >= 0.3 is 0 Å². The lowest BCUT2D eigenvalue weighted by Gasteiger charge is -2.23. The van der Waals surface area contributed by atoms with Crippen LogP contribution in [0.5, 0.6) is 0 Å². The van der Waals surface area contributed by atoms with Crippen molar-refractivity contribution in [3.05, 3.63) is 58.6 Å². The van der Waals surface area contributed by atoms with Crippen LogP contribution >= 0.6 is 27.7 Å². The van der Waals surface area contributed by atoms with Crippen LogP contribution in [0.4, 0.5) is 5.69 Å². The maximum absolute atomic E-state index is 12.6. The van der Waals surface area contributed by atoms with Gasteiger partial charge in [0.15, 0.2) is 0 Å². The Balaban J connectivity index is 1.49. The third-order valence-corrected chi connectivity index (χ3v) is 6.65. The van der Waals surface area contributed by atoms with Crippen molar-refractivity contribution in [3.8, 4) is 6.07 Å². The van der Waals surface area contributed by atoms with E-state index in [0.717, 1.165) is 48.5 Å². The number of hydrogen-bond acceptors (Lipinski definition) is 4. The molecule has 0 saturated carbocycles. The summed E-state index contributed by atoms with van der Waals surface area (Å²) < 4.78 is 1.08. The number of halogens is 1. The Hall–Kier alpha value is -1.97. The number of rotatable bonds is 5. The topological polar surface area (TPSA) is 47.3 Å². The molecule has 0 aromatic heterocycles. The van der Waals surface area contributed by atoms with Crippen LogP contribution in [0, 0.1) is 11.3 Å². The first-order valence-corrected chi connectivity index (χ1v) is 10.9. The van der Waals surface area contributed by atoms with Crippen molar-refractivity contribution in [2.24, 2.45) is 0 Å². The van der Waals surface area contributed by atoms with Gasteiger partial charge in [-0.15, -0.1) is 11.8 Å². The van der Waals surface area contributed by atoms with Crippen molar-refractivity contribution in [2.75, 3.05) is 36.8 Å². The summed E-state index contributed by atoms with van der Waals surface area (Å²) >= 11 is 5.26. The Morgan fingerprint density at radius 2 is 1.85 bits per heavy atom. The van der Waals surface area contributed by atoms with Gasteiger partial charge in [0.05, 0.1) is 11.6 Å². The maximum atomic E-state index is 12.6. The normalized spacial score (nSPS) is 14.5. The highest BCUT2D eigenvalue weighted by atomic mass is 79.9. The van der Waals surface area contributed by atoms with E-state index in [-0.39, 0.29) is 5.91 Å². The van der Waals surface area contributed by atoms with Crippen LogP contribution in [-0.2, 0) is 4.79 Å². The summed E-state index contributed by atoms with van der Waals surface area (Å²) in [6, 6.07) is 17.9. The van der Waals surface area contributed by atoms with Crippen LogP contribution in [0.2, 0.25) is 0 Å². The molecule has 3 rings (SSSR count). The fraction of sp³-hybridized carbons (Fsp3) is 0.333. The van der Waals surface area contributed by atoms with Gasteiger partial charge in [0.2, 0.25) is 5.91 Å². The quantitative estimate of drug-likeness (QED) is 0.636. The van der Waals surface area contributed by atoms with E-state index in [1.54, 1.807) is 11.8 Å². The van der Waals surface area contributed by atoms with Crippen molar-refractivity contribution >= 4 is 39.3 Å². The molecule has 1 fully saturated rings. The molecule has 2 aromatic rings. The first-order chi connectivity index (χ1) is 13.2. The Labute approximate surface area is 173 Å². The van der Waals surface area contributed by atoms with Gasteiger partial charge in [-0.1, -0.05) is 12.1 Å².